The zero-order valence-corrected chi connectivity index (χ0v) is 14.9. The highest BCUT2D eigenvalue weighted by Gasteiger charge is 2.13. The van der Waals surface area contributed by atoms with Gasteiger partial charge in [-0.3, -0.25) is 10.1 Å². The zero-order chi connectivity index (χ0) is 18.6. The van der Waals surface area contributed by atoms with E-state index in [1.165, 1.54) is 18.2 Å². The second-order valence-electron chi connectivity index (χ2n) is 5.21. The van der Waals surface area contributed by atoms with Gasteiger partial charge >= 0.3 is 6.03 Å². The van der Waals surface area contributed by atoms with Crippen molar-refractivity contribution in [3.8, 4) is 5.75 Å². The Labute approximate surface area is 154 Å². The Kier molecular flexibility index (Phi) is 6.06. The number of anilines is 1. The predicted molar refractivity (Wildman–Crippen MR) is 96.7 cm³/mol. The van der Waals surface area contributed by atoms with Crippen LogP contribution >= 0.6 is 23.2 Å². The minimum absolute atomic E-state index is 0.00669. The average Bonchev–Trinajstić information content (AvgIpc) is 2.54. The first-order chi connectivity index (χ1) is 11.8. The number of ether oxygens (including phenoxy) is 1. The van der Waals surface area contributed by atoms with E-state index in [1.54, 1.807) is 12.1 Å². The molecule has 0 aliphatic heterocycles. The Hall–Kier alpha value is -2.51. The highest BCUT2D eigenvalue weighted by Crippen LogP contribution is 2.27. The second-order valence-corrected chi connectivity index (χ2v) is 6.00. The third kappa shape index (κ3) is 4.98. The first-order valence-electron chi connectivity index (χ1n) is 7.16. The van der Waals surface area contributed by atoms with Crippen LogP contribution in [0.1, 0.15) is 11.1 Å². The quantitative estimate of drug-likeness (QED) is 0.445. The van der Waals surface area contributed by atoms with E-state index < -0.39 is 11.0 Å². The monoisotopic (exact) mass is 383 g/mol. The number of carbonyl (C=O) groups is 1. The van der Waals surface area contributed by atoms with Crippen molar-refractivity contribution < 1.29 is 14.5 Å². The molecule has 0 fully saturated rings. The molecule has 7 nitrogen and oxygen atoms in total. The number of nitrogens with zero attached hydrogens (tertiary/aromatic N) is 1. The summed E-state index contributed by atoms with van der Waals surface area (Å²) < 4.78 is 5.45. The molecule has 0 unspecified atom stereocenters. The normalized spacial score (nSPS) is 10.2. The van der Waals surface area contributed by atoms with Gasteiger partial charge in [0.05, 0.1) is 4.92 Å². The van der Waals surface area contributed by atoms with Crippen LogP contribution in [0.3, 0.4) is 0 Å². The molecule has 2 amide bonds. The molecular weight excluding hydrogens is 369 g/mol. The third-order valence-corrected chi connectivity index (χ3v) is 4.20. The number of nitro benzene ring substituents is 1. The molecule has 2 N–H and O–H groups in total. The third-order valence-electron chi connectivity index (χ3n) is 3.28. The summed E-state index contributed by atoms with van der Waals surface area (Å²) in [5.41, 5.74) is 1.69. The van der Waals surface area contributed by atoms with Crippen LogP contribution in [0.15, 0.2) is 30.3 Å². The molecular formula is C16H15Cl2N3O4. The van der Waals surface area contributed by atoms with Crippen molar-refractivity contribution in [2.75, 3.05) is 12.0 Å². The lowest BCUT2D eigenvalue weighted by Gasteiger charge is -2.11. The topological polar surface area (TPSA) is 93.5 Å². The van der Waals surface area contributed by atoms with Crippen LogP contribution in [-0.2, 0) is 0 Å². The summed E-state index contributed by atoms with van der Waals surface area (Å²) in [6.45, 7) is 3.63. The molecule has 9 heteroatoms. The van der Waals surface area contributed by atoms with E-state index in [-0.39, 0.29) is 23.1 Å². The van der Waals surface area contributed by atoms with Gasteiger partial charge in [0.15, 0.2) is 6.73 Å². The molecule has 0 saturated carbocycles. The van der Waals surface area contributed by atoms with Crippen molar-refractivity contribution in [1.29, 1.82) is 0 Å². The highest BCUT2D eigenvalue weighted by molar-refractivity contribution is 6.32. The van der Waals surface area contributed by atoms with E-state index >= 15 is 0 Å². The number of rotatable bonds is 5. The van der Waals surface area contributed by atoms with Crippen LogP contribution in [0.25, 0.3) is 0 Å². The van der Waals surface area contributed by atoms with Crippen LogP contribution in [-0.4, -0.2) is 17.7 Å². The maximum atomic E-state index is 11.8. The first-order valence-corrected chi connectivity index (χ1v) is 7.92. The Morgan fingerprint density at radius 3 is 2.44 bits per heavy atom. The summed E-state index contributed by atoms with van der Waals surface area (Å²) >= 11 is 11.8. The number of hydrogen-bond acceptors (Lipinski definition) is 4. The summed E-state index contributed by atoms with van der Waals surface area (Å²) in [4.78, 5) is 22.0. The molecule has 2 rings (SSSR count). The van der Waals surface area contributed by atoms with Gasteiger partial charge in [0.1, 0.15) is 10.8 Å². The van der Waals surface area contributed by atoms with E-state index in [1.807, 2.05) is 13.8 Å². The van der Waals surface area contributed by atoms with Gasteiger partial charge in [-0.05, 0) is 49.2 Å². The average molecular weight is 384 g/mol. The van der Waals surface area contributed by atoms with Crippen molar-refractivity contribution in [2.24, 2.45) is 0 Å². The van der Waals surface area contributed by atoms with E-state index in [0.29, 0.717) is 10.8 Å². The van der Waals surface area contributed by atoms with Crippen LogP contribution < -0.4 is 15.4 Å². The van der Waals surface area contributed by atoms with Crippen LogP contribution in [0.5, 0.6) is 5.75 Å². The van der Waals surface area contributed by atoms with E-state index in [2.05, 4.69) is 10.6 Å². The van der Waals surface area contributed by atoms with Gasteiger partial charge in [-0.2, -0.15) is 0 Å². The molecule has 25 heavy (non-hydrogen) atoms. The fourth-order valence-corrected chi connectivity index (χ4v) is 2.38. The van der Waals surface area contributed by atoms with Gasteiger partial charge in [0, 0.05) is 16.8 Å². The summed E-state index contributed by atoms with van der Waals surface area (Å²) in [5.74, 6) is 0.571. The zero-order valence-electron chi connectivity index (χ0n) is 13.4. The van der Waals surface area contributed by atoms with Gasteiger partial charge in [0.25, 0.3) is 5.69 Å². The van der Waals surface area contributed by atoms with Gasteiger partial charge < -0.3 is 15.4 Å². The Bertz CT molecular complexity index is 804. The number of benzene rings is 2. The molecule has 0 heterocycles. The van der Waals surface area contributed by atoms with Gasteiger partial charge in [-0.15, -0.1) is 0 Å². The largest absolute Gasteiger partial charge is 0.473 e. The molecule has 0 saturated heterocycles. The maximum Gasteiger partial charge on any atom is 0.321 e. The lowest BCUT2D eigenvalue weighted by molar-refractivity contribution is -0.384. The summed E-state index contributed by atoms with van der Waals surface area (Å²) in [7, 11) is 0. The van der Waals surface area contributed by atoms with Crippen molar-refractivity contribution >= 4 is 40.6 Å². The SMILES string of the molecule is Cc1cc(OCNC(=O)Nc2ccc(Cl)c([N+](=O)[O-])c2)cc(C)c1Cl. The Balaban J connectivity index is 1.91. The predicted octanol–water partition coefficient (Wildman–Crippen LogP) is 4.68. The van der Waals surface area contributed by atoms with E-state index in [9.17, 15) is 14.9 Å². The smallest absolute Gasteiger partial charge is 0.321 e. The number of nitrogens with one attached hydrogen (secondary N) is 2. The number of carbonyl (C=O) groups excluding carboxylic acids is 1. The highest BCUT2D eigenvalue weighted by atomic mass is 35.5. The molecule has 0 aromatic heterocycles. The van der Waals surface area contributed by atoms with E-state index in [0.717, 1.165) is 11.1 Å². The molecule has 132 valence electrons. The van der Waals surface area contributed by atoms with Gasteiger partial charge in [-0.1, -0.05) is 23.2 Å². The number of nitro groups is 1. The molecule has 0 aliphatic carbocycles. The van der Waals surface area contributed by atoms with Crippen molar-refractivity contribution in [3.63, 3.8) is 0 Å². The number of urea groups is 1. The van der Waals surface area contributed by atoms with Crippen LogP contribution in [0, 0.1) is 24.0 Å². The van der Waals surface area contributed by atoms with Gasteiger partial charge in [0.2, 0.25) is 0 Å². The molecule has 0 radical (unpaired) electrons. The molecule has 2 aromatic rings. The number of amides is 2. The molecule has 0 spiro atoms. The van der Waals surface area contributed by atoms with Crippen LogP contribution in [0.2, 0.25) is 10.0 Å². The minimum Gasteiger partial charge on any atom is -0.473 e. The molecule has 2 aromatic carbocycles. The minimum atomic E-state index is -0.625. The lowest BCUT2D eigenvalue weighted by atomic mass is 10.1. The summed E-state index contributed by atoms with van der Waals surface area (Å²) in [5, 5.41) is 16.4. The van der Waals surface area contributed by atoms with Crippen molar-refractivity contribution in [1.82, 2.24) is 5.32 Å². The number of hydrogen-bond donors (Lipinski definition) is 2. The van der Waals surface area contributed by atoms with Crippen molar-refractivity contribution in [3.05, 3.63) is 61.6 Å². The van der Waals surface area contributed by atoms with E-state index in [4.69, 9.17) is 27.9 Å². The Morgan fingerprint density at radius 1 is 1.20 bits per heavy atom. The maximum absolute atomic E-state index is 11.8. The van der Waals surface area contributed by atoms with Crippen LogP contribution in [0.4, 0.5) is 16.2 Å². The summed E-state index contributed by atoms with van der Waals surface area (Å²) in [6.07, 6.45) is 0. The van der Waals surface area contributed by atoms with Gasteiger partial charge in [-0.25, -0.2) is 4.79 Å². The lowest BCUT2D eigenvalue weighted by Crippen LogP contribution is -2.32. The number of halogens is 2. The summed E-state index contributed by atoms with van der Waals surface area (Å²) in [6, 6.07) is 6.93. The molecule has 0 bridgehead atoms. The fraction of sp³-hybridized carbons (Fsp3) is 0.188. The standard InChI is InChI=1S/C16H15Cl2N3O4/c1-9-5-12(6-10(2)15(9)18)25-8-19-16(22)20-11-3-4-13(17)14(7-11)21(23)24/h3-7H,8H2,1-2H3,(H2,19,20,22). The second kappa shape index (κ2) is 8.04. The fourth-order valence-electron chi connectivity index (χ4n) is 2.08. The Morgan fingerprint density at radius 2 is 1.84 bits per heavy atom. The van der Waals surface area contributed by atoms with Crippen molar-refractivity contribution in [2.45, 2.75) is 13.8 Å². The number of aryl methyl sites for hydroxylation is 2. The molecule has 0 aliphatic rings. The molecule has 0 atom stereocenters. The first kappa shape index (κ1) is 18.8.